The van der Waals surface area contributed by atoms with Crippen LogP contribution in [0.3, 0.4) is 0 Å². The minimum atomic E-state index is -0.551. The molecule has 0 aromatic rings. The Morgan fingerprint density at radius 2 is 1.82 bits per heavy atom. The van der Waals surface area contributed by atoms with Crippen LogP contribution >= 0.6 is 0 Å². The lowest BCUT2D eigenvalue weighted by Gasteiger charge is -2.32. The van der Waals surface area contributed by atoms with Crippen LogP contribution in [-0.4, -0.2) is 19.0 Å². The van der Waals surface area contributed by atoms with Crippen LogP contribution in [0.5, 0.6) is 0 Å². The highest BCUT2D eigenvalue weighted by Crippen LogP contribution is 2.40. The second-order valence-electron chi connectivity index (χ2n) is 7.25. The first-order valence-corrected chi connectivity index (χ1v) is 8.35. The summed E-state index contributed by atoms with van der Waals surface area (Å²) in [5.74, 6) is -0.551. The second-order valence-corrected chi connectivity index (χ2v) is 7.25. The van der Waals surface area contributed by atoms with Crippen LogP contribution in [0, 0.1) is 5.41 Å². The van der Waals surface area contributed by atoms with E-state index in [4.69, 9.17) is 9.47 Å². The van der Waals surface area contributed by atoms with Crippen molar-refractivity contribution in [1.82, 2.24) is 0 Å². The van der Waals surface area contributed by atoms with Crippen LogP contribution in [0.4, 0.5) is 0 Å². The number of allylic oxidation sites excluding steroid dienone is 7. The molecule has 22 heavy (non-hydrogen) atoms. The molecule has 0 aromatic heterocycles. The summed E-state index contributed by atoms with van der Waals surface area (Å²) in [4.78, 5) is 0. The summed E-state index contributed by atoms with van der Waals surface area (Å²) < 4.78 is 11.1. The van der Waals surface area contributed by atoms with Crippen LogP contribution in [-0.2, 0) is 9.47 Å². The van der Waals surface area contributed by atoms with E-state index in [1.165, 1.54) is 36.0 Å². The lowest BCUT2D eigenvalue weighted by molar-refractivity contribution is -0.0996. The minimum Gasteiger partial charge on any atom is -0.344 e. The Labute approximate surface area is 135 Å². The van der Waals surface area contributed by atoms with Crippen LogP contribution in [0.15, 0.2) is 47.1 Å². The van der Waals surface area contributed by atoms with Gasteiger partial charge in [-0.25, -0.2) is 0 Å². The van der Waals surface area contributed by atoms with E-state index in [0.717, 1.165) is 0 Å². The molecule has 0 unspecified atom stereocenters. The van der Waals surface area contributed by atoms with Gasteiger partial charge in [0.1, 0.15) is 0 Å². The molecule has 2 nitrogen and oxygen atoms in total. The van der Waals surface area contributed by atoms with Crippen LogP contribution in [0.25, 0.3) is 0 Å². The van der Waals surface area contributed by atoms with Gasteiger partial charge in [-0.2, -0.15) is 0 Å². The fraction of sp³-hybridized carbons (Fsp3) is 0.600. The molecule has 0 saturated carbocycles. The molecular weight excluding hydrogens is 272 g/mol. The third-order valence-electron chi connectivity index (χ3n) is 4.67. The van der Waals surface area contributed by atoms with E-state index in [0.29, 0.717) is 18.6 Å². The number of hydrogen-bond acceptors (Lipinski definition) is 2. The highest BCUT2D eigenvalue weighted by Gasteiger charge is 2.27. The van der Waals surface area contributed by atoms with Crippen LogP contribution in [0.2, 0.25) is 0 Å². The molecule has 1 aliphatic carbocycles. The Balaban J connectivity index is 2.03. The molecule has 0 radical (unpaired) electrons. The SMILES string of the molecule is CC1=C(/C=C/C(C)=C/C=C/C2(C)OCCO2)C(C)(C)CCC1. The first kappa shape index (κ1) is 17.2. The van der Waals surface area contributed by atoms with E-state index in [1.807, 2.05) is 19.1 Å². The van der Waals surface area contributed by atoms with E-state index in [-0.39, 0.29) is 0 Å². The van der Waals surface area contributed by atoms with Gasteiger partial charge < -0.3 is 9.47 Å². The van der Waals surface area contributed by atoms with Gasteiger partial charge in [0.25, 0.3) is 0 Å². The summed E-state index contributed by atoms with van der Waals surface area (Å²) >= 11 is 0. The average molecular weight is 302 g/mol. The number of ether oxygens (including phenoxy) is 2. The summed E-state index contributed by atoms with van der Waals surface area (Å²) in [6.45, 7) is 12.4. The summed E-state index contributed by atoms with van der Waals surface area (Å²) in [5, 5.41) is 0. The van der Waals surface area contributed by atoms with Gasteiger partial charge in [-0.15, -0.1) is 0 Å². The molecule has 122 valence electrons. The molecular formula is C20H30O2. The zero-order chi connectivity index (χ0) is 16.2. The summed E-state index contributed by atoms with van der Waals surface area (Å²) in [6.07, 6.45) is 14.5. The molecule has 0 atom stereocenters. The van der Waals surface area contributed by atoms with Crippen molar-refractivity contribution < 1.29 is 9.47 Å². The van der Waals surface area contributed by atoms with Crippen molar-refractivity contribution in [1.29, 1.82) is 0 Å². The minimum absolute atomic E-state index is 0.300. The highest BCUT2D eigenvalue weighted by atomic mass is 16.7. The van der Waals surface area contributed by atoms with Crippen molar-refractivity contribution in [2.24, 2.45) is 5.41 Å². The van der Waals surface area contributed by atoms with Gasteiger partial charge in [-0.1, -0.05) is 49.3 Å². The van der Waals surface area contributed by atoms with Crippen LogP contribution < -0.4 is 0 Å². The maximum atomic E-state index is 5.55. The zero-order valence-corrected chi connectivity index (χ0v) is 14.7. The van der Waals surface area contributed by atoms with Crippen molar-refractivity contribution in [3.05, 3.63) is 47.1 Å². The molecule has 0 aromatic carbocycles. The molecule has 0 spiro atoms. The van der Waals surface area contributed by atoms with Gasteiger partial charge in [0.15, 0.2) is 5.79 Å². The molecule has 2 rings (SSSR count). The fourth-order valence-corrected chi connectivity index (χ4v) is 3.28. The Morgan fingerprint density at radius 3 is 2.45 bits per heavy atom. The standard InChI is InChI=1S/C20H30O2/c1-16(8-6-13-20(5)21-14-15-22-20)10-11-18-17(2)9-7-12-19(18,3)4/h6,8,10-11,13H,7,9,12,14-15H2,1-5H3/b11-10+,13-6+,16-8+. The topological polar surface area (TPSA) is 18.5 Å². The Bertz CT molecular complexity index is 512. The zero-order valence-electron chi connectivity index (χ0n) is 14.7. The fourth-order valence-electron chi connectivity index (χ4n) is 3.28. The van der Waals surface area contributed by atoms with Gasteiger partial charge >= 0.3 is 0 Å². The maximum absolute atomic E-state index is 5.55. The van der Waals surface area contributed by atoms with Crippen molar-refractivity contribution in [3.8, 4) is 0 Å². The van der Waals surface area contributed by atoms with E-state index >= 15 is 0 Å². The first-order valence-electron chi connectivity index (χ1n) is 8.35. The van der Waals surface area contributed by atoms with Gasteiger partial charge in [0.05, 0.1) is 13.2 Å². The van der Waals surface area contributed by atoms with Crippen LogP contribution in [0.1, 0.15) is 53.9 Å². The molecule has 0 N–H and O–H groups in total. The number of rotatable bonds is 4. The predicted molar refractivity (Wildman–Crippen MR) is 92.7 cm³/mol. The Morgan fingerprint density at radius 1 is 1.14 bits per heavy atom. The highest BCUT2D eigenvalue weighted by molar-refractivity contribution is 5.36. The lowest BCUT2D eigenvalue weighted by Crippen LogP contribution is -2.21. The van der Waals surface area contributed by atoms with E-state index in [2.05, 4.69) is 45.9 Å². The Hall–Kier alpha value is -1.12. The smallest absolute Gasteiger partial charge is 0.185 e. The molecule has 1 saturated heterocycles. The second kappa shape index (κ2) is 6.97. The van der Waals surface area contributed by atoms with Crippen molar-refractivity contribution in [2.75, 3.05) is 13.2 Å². The Kier molecular flexibility index (Phi) is 5.46. The van der Waals surface area contributed by atoms with E-state index < -0.39 is 5.79 Å². The quantitative estimate of drug-likeness (QED) is 0.653. The molecule has 1 heterocycles. The van der Waals surface area contributed by atoms with Crippen molar-refractivity contribution in [2.45, 2.75) is 59.7 Å². The number of hydrogen-bond donors (Lipinski definition) is 0. The molecule has 2 heteroatoms. The predicted octanol–water partition coefficient (Wildman–Crippen LogP) is 5.33. The maximum Gasteiger partial charge on any atom is 0.185 e. The summed E-state index contributed by atoms with van der Waals surface area (Å²) in [7, 11) is 0. The monoisotopic (exact) mass is 302 g/mol. The van der Waals surface area contributed by atoms with E-state index in [1.54, 1.807) is 0 Å². The largest absolute Gasteiger partial charge is 0.344 e. The molecule has 0 bridgehead atoms. The summed E-state index contributed by atoms with van der Waals surface area (Å²) in [5.41, 5.74) is 4.58. The van der Waals surface area contributed by atoms with Gasteiger partial charge in [0, 0.05) is 0 Å². The van der Waals surface area contributed by atoms with Crippen molar-refractivity contribution in [3.63, 3.8) is 0 Å². The lowest BCUT2D eigenvalue weighted by atomic mass is 9.72. The van der Waals surface area contributed by atoms with Gasteiger partial charge in [-0.05, 0) is 57.1 Å². The first-order chi connectivity index (χ1) is 10.3. The van der Waals surface area contributed by atoms with Gasteiger partial charge in [0.2, 0.25) is 0 Å². The van der Waals surface area contributed by atoms with Crippen molar-refractivity contribution >= 4 is 0 Å². The van der Waals surface area contributed by atoms with E-state index in [9.17, 15) is 0 Å². The molecule has 1 aliphatic heterocycles. The third kappa shape index (κ3) is 4.44. The normalized spacial score (nSPS) is 25.6. The molecule has 2 aliphatic rings. The average Bonchev–Trinajstić information content (AvgIpc) is 2.84. The molecule has 1 fully saturated rings. The summed E-state index contributed by atoms with van der Waals surface area (Å²) in [6, 6.07) is 0. The third-order valence-corrected chi connectivity index (χ3v) is 4.67. The molecule has 0 amide bonds. The van der Waals surface area contributed by atoms with Gasteiger partial charge in [-0.3, -0.25) is 0 Å².